The summed E-state index contributed by atoms with van der Waals surface area (Å²) in [5.74, 6) is 1.59. The van der Waals surface area contributed by atoms with Crippen molar-refractivity contribution in [1.82, 2.24) is 14.8 Å². The molecule has 38 heavy (non-hydrogen) atoms. The standard InChI is InChI=1S/C30H31N5O3/c1-5-37-26-16-23(14-15-25(26)38-17-22-12-10-19(2)11-13-22)28-27(21(4)33-30-31-18-32-35(28)30)29(36)34-24-9-7-6-8-20(24)3/h6-16,18,28H,5,17H2,1-4H3,(H,34,36)(H,31,32,33)/t28-/m0/s1. The zero-order chi connectivity index (χ0) is 26.6. The van der Waals surface area contributed by atoms with Crippen LogP contribution < -0.4 is 20.1 Å². The second-order valence-corrected chi connectivity index (χ2v) is 9.28. The highest BCUT2D eigenvalue weighted by atomic mass is 16.5. The van der Waals surface area contributed by atoms with Crippen LogP contribution in [0.1, 0.15) is 42.1 Å². The number of benzene rings is 3. The van der Waals surface area contributed by atoms with E-state index in [1.54, 1.807) is 4.68 Å². The molecule has 194 valence electrons. The summed E-state index contributed by atoms with van der Waals surface area (Å²) in [6.45, 7) is 8.72. The average molecular weight is 510 g/mol. The van der Waals surface area contributed by atoms with Gasteiger partial charge in [0.25, 0.3) is 5.91 Å². The second-order valence-electron chi connectivity index (χ2n) is 9.28. The Balaban J connectivity index is 1.49. The van der Waals surface area contributed by atoms with E-state index in [1.165, 1.54) is 11.9 Å². The highest BCUT2D eigenvalue weighted by Gasteiger charge is 2.34. The fraction of sp³-hybridized carbons (Fsp3) is 0.233. The van der Waals surface area contributed by atoms with Gasteiger partial charge in [-0.1, -0.05) is 54.1 Å². The molecule has 3 aromatic carbocycles. The number of allylic oxidation sites excluding steroid dienone is 1. The number of hydrogen-bond acceptors (Lipinski definition) is 6. The van der Waals surface area contributed by atoms with E-state index in [0.717, 1.165) is 22.4 Å². The summed E-state index contributed by atoms with van der Waals surface area (Å²) in [6.07, 6.45) is 1.48. The maximum Gasteiger partial charge on any atom is 0.255 e. The zero-order valence-electron chi connectivity index (χ0n) is 22.0. The van der Waals surface area contributed by atoms with Gasteiger partial charge in [-0.05, 0) is 62.6 Å². The van der Waals surface area contributed by atoms with Crippen molar-refractivity contribution in [2.75, 3.05) is 17.2 Å². The number of carbonyl (C=O) groups excluding carboxylic acids is 1. The maximum atomic E-state index is 13.7. The molecule has 8 heteroatoms. The van der Waals surface area contributed by atoms with E-state index in [9.17, 15) is 4.79 Å². The lowest BCUT2D eigenvalue weighted by Crippen LogP contribution is -2.31. The number of aryl methyl sites for hydroxylation is 2. The number of nitrogens with zero attached hydrogens (tertiary/aromatic N) is 3. The van der Waals surface area contributed by atoms with Gasteiger partial charge >= 0.3 is 0 Å². The third-order valence-electron chi connectivity index (χ3n) is 6.53. The van der Waals surface area contributed by atoms with E-state index in [-0.39, 0.29) is 5.91 Å². The van der Waals surface area contributed by atoms with Gasteiger partial charge < -0.3 is 20.1 Å². The van der Waals surface area contributed by atoms with Crippen molar-refractivity contribution in [3.8, 4) is 11.5 Å². The van der Waals surface area contributed by atoms with Gasteiger partial charge in [-0.3, -0.25) is 4.79 Å². The van der Waals surface area contributed by atoms with E-state index >= 15 is 0 Å². The molecule has 2 heterocycles. The first kappa shape index (κ1) is 25.1. The van der Waals surface area contributed by atoms with Crippen LogP contribution in [-0.2, 0) is 11.4 Å². The topological polar surface area (TPSA) is 90.3 Å². The molecular formula is C30H31N5O3. The van der Waals surface area contributed by atoms with Crippen LogP contribution in [-0.4, -0.2) is 27.3 Å². The first-order valence-corrected chi connectivity index (χ1v) is 12.6. The van der Waals surface area contributed by atoms with Gasteiger partial charge in [0, 0.05) is 11.4 Å². The molecule has 0 aliphatic carbocycles. The number of para-hydroxylation sites is 1. The van der Waals surface area contributed by atoms with Crippen molar-refractivity contribution in [1.29, 1.82) is 0 Å². The molecule has 1 aromatic heterocycles. The SMILES string of the molecule is CCOc1cc([C@H]2C(C(=O)Nc3ccccc3C)=C(C)Nc3ncnn32)ccc1OCc1ccc(C)cc1. The number of aromatic nitrogens is 3. The second kappa shape index (κ2) is 10.8. The van der Waals surface area contributed by atoms with Gasteiger partial charge in [-0.25, -0.2) is 4.68 Å². The molecule has 0 saturated carbocycles. The number of carbonyl (C=O) groups is 1. The molecule has 1 aliphatic heterocycles. The molecule has 0 spiro atoms. The van der Waals surface area contributed by atoms with Crippen LogP contribution in [0.4, 0.5) is 11.6 Å². The molecule has 4 aromatic rings. The number of hydrogen-bond donors (Lipinski definition) is 2. The Hall–Kier alpha value is -4.59. The summed E-state index contributed by atoms with van der Waals surface area (Å²) >= 11 is 0. The number of amides is 1. The minimum absolute atomic E-state index is 0.215. The van der Waals surface area contributed by atoms with Crippen molar-refractivity contribution in [2.24, 2.45) is 0 Å². The summed E-state index contributed by atoms with van der Waals surface area (Å²) in [6, 6.07) is 21.2. The molecule has 0 fully saturated rings. The van der Waals surface area contributed by atoms with Gasteiger partial charge in [0.1, 0.15) is 19.0 Å². The summed E-state index contributed by atoms with van der Waals surface area (Å²) in [4.78, 5) is 18.0. The Kier molecular flexibility index (Phi) is 7.13. The molecule has 5 rings (SSSR count). The molecule has 2 N–H and O–H groups in total. The monoisotopic (exact) mass is 509 g/mol. The minimum Gasteiger partial charge on any atom is -0.490 e. The van der Waals surface area contributed by atoms with Crippen LogP contribution in [0.2, 0.25) is 0 Å². The van der Waals surface area contributed by atoms with Crippen molar-refractivity contribution in [3.63, 3.8) is 0 Å². The average Bonchev–Trinajstić information content (AvgIpc) is 3.37. The molecule has 1 atom stereocenters. The van der Waals surface area contributed by atoms with Crippen LogP contribution in [0.5, 0.6) is 11.5 Å². The van der Waals surface area contributed by atoms with Gasteiger partial charge in [-0.15, -0.1) is 0 Å². The Labute approximate surface area is 222 Å². The number of nitrogens with one attached hydrogen (secondary N) is 2. The molecule has 0 unspecified atom stereocenters. The van der Waals surface area contributed by atoms with Gasteiger partial charge in [0.2, 0.25) is 5.95 Å². The number of ether oxygens (including phenoxy) is 2. The molecular weight excluding hydrogens is 478 g/mol. The third kappa shape index (κ3) is 5.11. The summed E-state index contributed by atoms with van der Waals surface area (Å²) in [5.41, 5.74) is 6.10. The van der Waals surface area contributed by atoms with Crippen LogP contribution in [0.15, 0.2) is 84.3 Å². The Morgan fingerprint density at radius 2 is 1.79 bits per heavy atom. The molecule has 1 amide bonds. The van der Waals surface area contributed by atoms with Crippen molar-refractivity contribution < 1.29 is 14.3 Å². The Morgan fingerprint density at radius 1 is 1.00 bits per heavy atom. The van der Waals surface area contributed by atoms with Crippen molar-refractivity contribution >= 4 is 17.5 Å². The predicted molar refractivity (Wildman–Crippen MR) is 147 cm³/mol. The fourth-order valence-corrected chi connectivity index (χ4v) is 4.52. The lowest BCUT2D eigenvalue weighted by atomic mass is 9.94. The normalized spacial score (nSPS) is 14.5. The Bertz CT molecular complexity index is 1490. The largest absolute Gasteiger partial charge is 0.490 e. The quantitative estimate of drug-likeness (QED) is 0.312. The molecule has 8 nitrogen and oxygen atoms in total. The summed E-state index contributed by atoms with van der Waals surface area (Å²) < 4.78 is 13.8. The van der Waals surface area contributed by atoms with Crippen LogP contribution in [0.3, 0.4) is 0 Å². The first-order chi connectivity index (χ1) is 18.4. The van der Waals surface area contributed by atoms with Crippen LogP contribution >= 0.6 is 0 Å². The fourth-order valence-electron chi connectivity index (χ4n) is 4.52. The summed E-state index contributed by atoms with van der Waals surface area (Å²) in [7, 11) is 0. The minimum atomic E-state index is -0.511. The smallest absolute Gasteiger partial charge is 0.255 e. The van der Waals surface area contributed by atoms with Crippen molar-refractivity contribution in [2.45, 2.75) is 40.3 Å². The van der Waals surface area contributed by atoms with Gasteiger partial charge in [0.05, 0.1) is 12.2 Å². The molecule has 0 bridgehead atoms. The predicted octanol–water partition coefficient (Wildman–Crippen LogP) is 5.80. The van der Waals surface area contributed by atoms with Crippen LogP contribution in [0, 0.1) is 13.8 Å². The summed E-state index contributed by atoms with van der Waals surface area (Å²) in [5, 5.41) is 10.7. The van der Waals surface area contributed by atoms with E-state index in [4.69, 9.17) is 9.47 Å². The van der Waals surface area contributed by atoms with Crippen LogP contribution in [0.25, 0.3) is 0 Å². The Morgan fingerprint density at radius 3 is 2.55 bits per heavy atom. The lowest BCUT2D eigenvalue weighted by Gasteiger charge is -2.29. The number of fused-ring (bicyclic) bond motifs is 1. The van der Waals surface area contributed by atoms with Crippen molar-refractivity contribution in [3.05, 3.63) is 107 Å². The number of rotatable bonds is 8. The molecule has 0 radical (unpaired) electrons. The highest BCUT2D eigenvalue weighted by molar-refractivity contribution is 6.06. The highest BCUT2D eigenvalue weighted by Crippen LogP contribution is 2.39. The maximum absolute atomic E-state index is 13.7. The molecule has 0 saturated heterocycles. The van der Waals surface area contributed by atoms with E-state index < -0.39 is 6.04 Å². The third-order valence-corrected chi connectivity index (χ3v) is 6.53. The van der Waals surface area contributed by atoms with E-state index in [2.05, 4.69) is 51.9 Å². The lowest BCUT2D eigenvalue weighted by molar-refractivity contribution is -0.113. The van der Waals surface area contributed by atoms with E-state index in [0.29, 0.717) is 41.9 Å². The number of anilines is 2. The first-order valence-electron chi connectivity index (χ1n) is 12.6. The zero-order valence-corrected chi connectivity index (χ0v) is 22.0. The van der Waals surface area contributed by atoms with E-state index in [1.807, 2.05) is 63.2 Å². The molecule has 1 aliphatic rings. The van der Waals surface area contributed by atoms with Gasteiger partial charge in [0.15, 0.2) is 11.5 Å². The van der Waals surface area contributed by atoms with Gasteiger partial charge in [-0.2, -0.15) is 10.1 Å².